The maximum atomic E-state index is 11.6. The number of aliphatic hydroxyl groups is 7. The highest BCUT2D eigenvalue weighted by Gasteiger charge is 2.39. The van der Waals surface area contributed by atoms with Gasteiger partial charge in [-0.2, -0.15) is 25.3 Å². The van der Waals surface area contributed by atoms with Crippen molar-refractivity contribution >= 4 is 56.5 Å². The van der Waals surface area contributed by atoms with Crippen LogP contribution in [0, 0.1) is 10.8 Å². The fourth-order valence-corrected chi connectivity index (χ4v) is 1.36. The van der Waals surface area contributed by atoms with Crippen LogP contribution in [0.5, 0.6) is 0 Å². The van der Waals surface area contributed by atoms with Crippen LogP contribution in [0.25, 0.3) is 0 Å². The summed E-state index contributed by atoms with van der Waals surface area (Å²) in [4.78, 5) is 11.6. The molecule has 0 unspecified atom stereocenters. The van der Waals surface area contributed by atoms with Crippen molar-refractivity contribution in [1.82, 2.24) is 0 Å². The Bertz CT molecular complexity index is 362. The number of hydrogen-bond donors (Lipinski definition) is 11. The van der Waals surface area contributed by atoms with E-state index < -0.39 is 71.7 Å². The Morgan fingerprint density at radius 3 is 1.23 bits per heavy atom. The van der Waals surface area contributed by atoms with E-state index >= 15 is 0 Å². The summed E-state index contributed by atoms with van der Waals surface area (Å²) in [6.07, 6.45) is 0. The highest BCUT2D eigenvalue weighted by molar-refractivity contribution is 8.08. The summed E-state index contributed by atoms with van der Waals surface area (Å²) in [5.74, 6) is -0.820. The molecule has 9 nitrogen and oxygen atoms in total. The van der Waals surface area contributed by atoms with Gasteiger partial charge in [0.25, 0.3) is 0 Å². The van der Waals surface area contributed by atoms with E-state index in [1.807, 2.05) is 0 Å². The van der Waals surface area contributed by atoms with Crippen LogP contribution in [0.2, 0.25) is 0 Å². The van der Waals surface area contributed by atoms with Crippen LogP contribution in [-0.2, 0) is 9.53 Å². The van der Waals surface area contributed by atoms with Gasteiger partial charge in [0.15, 0.2) is 4.08 Å². The van der Waals surface area contributed by atoms with Crippen molar-refractivity contribution in [2.24, 2.45) is 10.8 Å². The Balaban J connectivity index is 0. The lowest BCUT2D eigenvalue weighted by molar-refractivity contribution is -0.151. The lowest BCUT2D eigenvalue weighted by Gasteiger charge is -2.29. The molecule has 0 fully saturated rings. The number of carbonyl (C=O) groups is 1. The second-order valence-corrected chi connectivity index (χ2v) is 8.99. The quantitative estimate of drug-likeness (QED) is 0.0892. The number of aliphatic hydroxyl groups excluding tert-OH is 7. The molecule has 158 valence electrons. The number of carbonyl (C=O) groups excluding carboxylic acids is 1. The maximum Gasteiger partial charge on any atom is 0.334 e. The molecule has 0 spiro atoms. The fraction of sp³-hybridized carbons (Fsp3) is 0.923. The Hall–Kier alpha value is 0.590. The first-order chi connectivity index (χ1) is 12.0. The van der Waals surface area contributed by atoms with Crippen molar-refractivity contribution in [2.45, 2.75) is 8.66 Å². The molecule has 0 aliphatic heterocycles. The van der Waals surface area contributed by atoms with Crippen LogP contribution in [0.15, 0.2) is 0 Å². The number of esters is 1. The molecule has 0 radical (unpaired) electrons. The molecule has 0 heterocycles. The van der Waals surface area contributed by atoms with Gasteiger partial charge in [0.05, 0.1) is 61.7 Å². The second-order valence-electron chi connectivity index (χ2n) is 5.78. The van der Waals surface area contributed by atoms with Crippen LogP contribution in [0.4, 0.5) is 0 Å². The molecular weight excluding hydrogens is 428 g/mol. The van der Waals surface area contributed by atoms with Crippen LogP contribution in [0.3, 0.4) is 0 Å². The molecular formula is C13H28O9S4. The molecule has 7 N–H and O–H groups in total. The standard InChI is InChI=1S/C8H16O5S4.C5H12O4/c9-1-7(2-10,3-11)4-13-5(12)8(16,17)6(14)15;6-1-5(2-7,3-8)4-9/h6,9-11,14-17H,1-4H2;6-9H,1-4H2. The topological polar surface area (TPSA) is 168 Å². The first kappa shape index (κ1) is 28.8. The van der Waals surface area contributed by atoms with Crippen molar-refractivity contribution in [3.63, 3.8) is 0 Å². The van der Waals surface area contributed by atoms with Gasteiger partial charge in [0.1, 0.15) is 6.61 Å². The van der Waals surface area contributed by atoms with Gasteiger partial charge in [-0.3, -0.25) is 0 Å². The minimum absolute atomic E-state index is 0.355. The summed E-state index contributed by atoms with van der Waals surface area (Å²) in [7, 11) is 0. The summed E-state index contributed by atoms with van der Waals surface area (Å²) in [5.41, 5.74) is -2.39. The molecule has 0 aromatic heterocycles. The van der Waals surface area contributed by atoms with Gasteiger partial charge in [-0.25, -0.2) is 4.79 Å². The summed E-state index contributed by atoms with van der Waals surface area (Å²) in [5, 5.41) is 61.1. The third-order valence-electron chi connectivity index (χ3n) is 3.52. The average molecular weight is 457 g/mol. The van der Waals surface area contributed by atoms with Crippen molar-refractivity contribution in [1.29, 1.82) is 0 Å². The third kappa shape index (κ3) is 8.73. The highest BCUT2D eigenvalue weighted by atomic mass is 32.2. The van der Waals surface area contributed by atoms with E-state index in [1.54, 1.807) is 0 Å². The van der Waals surface area contributed by atoms with Crippen molar-refractivity contribution < 1.29 is 45.3 Å². The molecule has 0 aliphatic rings. The van der Waals surface area contributed by atoms with E-state index in [0.29, 0.717) is 0 Å². The van der Waals surface area contributed by atoms with E-state index in [-0.39, 0.29) is 6.61 Å². The summed E-state index contributed by atoms with van der Waals surface area (Å²) < 4.78 is 2.55. The molecule has 0 amide bonds. The Morgan fingerprint density at radius 2 is 1.04 bits per heavy atom. The summed E-state index contributed by atoms with van der Waals surface area (Å²) in [6, 6.07) is 0. The lowest BCUT2D eigenvalue weighted by atomic mass is 9.93. The van der Waals surface area contributed by atoms with Gasteiger partial charge in [0.2, 0.25) is 0 Å². The largest absolute Gasteiger partial charge is 0.463 e. The van der Waals surface area contributed by atoms with Crippen molar-refractivity contribution in [2.75, 3.05) is 52.9 Å². The smallest absolute Gasteiger partial charge is 0.334 e. The highest BCUT2D eigenvalue weighted by Crippen LogP contribution is 2.32. The zero-order chi connectivity index (χ0) is 21.0. The number of ether oxygens (including phenoxy) is 1. The molecule has 13 heteroatoms. The summed E-state index contributed by atoms with van der Waals surface area (Å²) in [6.45, 7) is -3.55. The Kier molecular flexibility index (Phi) is 15.2. The predicted octanol–water partition coefficient (Wildman–Crippen LogP) is -2.82. The normalized spacial score (nSPS) is 12.6. The van der Waals surface area contributed by atoms with Crippen LogP contribution >= 0.6 is 50.5 Å². The van der Waals surface area contributed by atoms with Crippen molar-refractivity contribution in [3.8, 4) is 0 Å². The van der Waals surface area contributed by atoms with Crippen molar-refractivity contribution in [3.05, 3.63) is 0 Å². The Labute approximate surface area is 174 Å². The predicted molar refractivity (Wildman–Crippen MR) is 108 cm³/mol. The molecule has 0 rings (SSSR count). The molecule has 0 aromatic carbocycles. The zero-order valence-corrected chi connectivity index (χ0v) is 17.5. The van der Waals surface area contributed by atoms with Gasteiger partial charge < -0.3 is 40.5 Å². The first-order valence-electron chi connectivity index (χ1n) is 7.24. The lowest BCUT2D eigenvalue weighted by Crippen LogP contribution is -2.43. The fourth-order valence-electron chi connectivity index (χ4n) is 1.02. The molecule has 26 heavy (non-hydrogen) atoms. The van der Waals surface area contributed by atoms with E-state index in [1.165, 1.54) is 0 Å². The monoisotopic (exact) mass is 456 g/mol. The first-order valence-corrected chi connectivity index (χ1v) is 9.17. The Morgan fingerprint density at radius 1 is 0.731 bits per heavy atom. The molecule has 0 aliphatic carbocycles. The van der Waals surface area contributed by atoms with Crippen LogP contribution in [0.1, 0.15) is 0 Å². The SMILES string of the molecule is O=C(OCC(CO)(CO)CO)C(S)(S)C(S)S.OCC(CO)(CO)CO. The molecule has 0 bridgehead atoms. The van der Waals surface area contributed by atoms with Gasteiger partial charge in [-0.05, 0) is 0 Å². The molecule has 0 saturated carbocycles. The number of hydrogen-bond acceptors (Lipinski definition) is 13. The van der Waals surface area contributed by atoms with Crippen LogP contribution < -0.4 is 0 Å². The van der Waals surface area contributed by atoms with Gasteiger partial charge in [-0.15, -0.1) is 25.3 Å². The van der Waals surface area contributed by atoms with E-state index in [4.69, 9.17) is 40.5 Å². The summed E-state index contributed by atoms with van der Waals surface area (Å²) >= 11 is 15.7. The van der Waals surface area contributed by atoms with Gasteiger partial charge in [-0.1, -0.05) is 0 Å². The number of thiol groups is 4. The van der Waals surface area contributed by atoms with E-state index in [9.17, 15) is 4.79 Å². The zero-order valence-electron chi connectivity index (χ0n) is 14.0. The van der Waals surface area contributed by atoms with Gasteiger partial charge in [0, 0.05) is 0 Å². The molecule has 0 atom stereocenters. The van der Waals surface area contributed by atoms with E-state index in [2.05, 4.69) is 50.5 Å². The second kappa shape index (κ2) is 13.7. The van der Waals surface area contributed by atoms with E-state index in [0.717, 1.165) is 0 Å². The minimum atomic E-state index is -1.52. The minimum Gasteiger partial charge on any atom is -0.463 e. The maximum absolute atomic E-state index is 11.6. The molecule has 0 aromatic rings. The van der Waals surface area contributed by atoms with Gasteiger partial charge >= 0.3 is 5.97 Å². The third-order valence-corrected chi connectivity index (χ3v) is 5.99. The average Bonchev–Trinajstić information content (AvgIpc) is 2.65. The number of rotatable bonds is 11. The molecule has 0 saturated heterocycles. The van der Waals surface area contributed by atoms with Crippen LogP contribution in [-0.4, -0.2) is 103 Å².